The van der Waals surface area contributed by atoms with E-state index < -0.39 is 83.5 Å². The van der Waals surface area contributed by atoms with Crippen molar-refractivity contribution < 1.29 is 51.3 Å². The van der Waals surface area contributed by atoms with Gasteiger partial charge in [-0.15, -0.1) is 16.9 Å². The first-order valence-electron chi connectivity index (χ1n) is 14.1. The molecule has 1 aromatic carbocycles. The average Bonchev–Trinajstić information content (AvgIpc) is 3.63. The van der Waals surface area contributed by atoms with Crippen LogP contribution in [0.25, 0.3) is 11.3 Å². The third-order valence-corrected chi connectivity index (χ3v) is 10.0. The zero-order valence-corrected chi connectivity index (χ0v) is 24.9. The zero-order chi connectivity index (χ0) is 32.0. The van der Waals surface area contributed by atoms with Crippen molar-refractivity contribution in [1.29, 1.82) is 0 Å². The van der Waals surface area contributed by atoms with Crippen LogP contribution >= 0.6 is 11.8 Å². The predicted molar refractivity (Wildman–Crippen MR) is 146 cm³/mol. The van der Waals surface area contributed by atoms with E-state index in [2.05, 4.69) is 15.5 Å². The van der Waals surface area contributed by atoms with Crippen LogP contribution in [0.3, 0.4) is 0 Å². The second kappa shape index (κ2) is 12.6. The molecule has 1 unspecified atom stereocenters. The van der Waals surface area contributed by atoms with Crippen LogP contribution in [0.1, 0.15) is 60.9 Å². The molecule has 6 atom stereocenters. The molecule has 2 aliphatic rings. The number of methoxy groups -OCH3 is 1. The SMILES string of the molecule is CCc1onc(C(S[C@@H]2O[C@H](CO)[C@H](O)[C@H](n3cc(-c4cc(F)c(F)c(F)c4)nn3)[C@H]2OC)C2(O)CCC(F)(F)CC2)c1C. The van der Waals surface area contributed by atoms with Gasteiger partial charge in [0.05, 0.1) is 23.7 Å². The van der Waals surface area contributed by atoms with Gasteiger partial charge in [-0.1, -0.05) is 17.3 Å². The van der Waals surface area contributed by atoms with Crippen LogP contribution in [-0.2, 0) is 15.9 Å². The van der Waals surface area contributed by atoms with Crippen molar-refractivity contribution >= 4 is 11.8 Å². The van der Waals surface area contributed by atoms with E-state index in [0.29, 0.717) is 23.4 Å². The Balaban J connectivity index is 1.51. The molecule has 1 saturated heterocycles. The summed E-state index contributed by atoms with van der Waals surface area (Å²) in [7, 11) is 1.34. The first-order valence-corrected chi connectivity index (χ1v) is 15.0. The number of aliphatic hydroxyl groups is 3. The summed E-state index contributed by atoms with van der Waals surface area (Å²) < 4.78 is 88.2. The normalized spacial score (nSPS) is 27.4. The van der Waals surface area contributed by atoms with Gasteiger partial charge in [0.2, 0.25) is 5.92 Å². The van der Waals surface area contributed by atoms with E-state index in [1.54, 1.807) is 6.92 Å². The van der Waals surface area contributed by atoms with E-state index >= 15 is 0 Å². The van der Waals surface area contributed by atoms with E-state index in [-0.39, 0.29) is 24.1 Å². The van der Waals surface area contributed by atoms with E-state index in [4.69, 9.17) is 14.0 Å². The smallest absolute Gasteiger partial charge is 0.248 e. The molecule has 1 aliphatic carbocycles. The number of benzene rings is 1. The summed E-state index contributed by atoms with van der Waals surface area (Å²) in [6.45, 7) is 2.99. The highest BCUT2D eigenvalue weighted by molar-refractivity contribution is 8.00. The quantitative estimate of drug-likeness (QED) is 0.228. The van der Waals surface area contributed by atoms with Gasteiger partial charge in [0.1, 0.15) is 46.9 Å². The van der Waals surface area contributed by atoms with Crippen LogP contribution in [-0.4, -0.2) is 84.5 Å². The summed E-state index contributed by atoms with van der Waals surface area (Å²) in [5.74, 6) is -6.85. The van der Waals surface area contributed by atoms with Crippen molar-refractivity contribution in [2.24, 2.45) is 0 Å². The maximum atomic E-state index is 14.2. The molecule has 0 spiro atoms. The van der Waals surface area contributed by atoms with Crippen LogP contribution < -0.4 is 0 Å². The van der Waals surface area contributed by atoms with Crippen molar-refractivity contribution in [3.8, 4) is 11.3 Å². The second-order valence-corrected chi connectivity index (χ2v) is 12.4. The van der Waals surface area contributed by atoms with E-state index in [1.807, 2.05) is 6.92 Å². The Morgan fingerprint density at radius 3 is 2.39 bits per heavy atom. The standard InChI is InChI=1S/C28H33F5N4O6S/c1-4-18-13(2)21(35-43-18)25(27(40)5-7-28(32,33)8-6-27)44-26-24(41-3)22(23(39)19(12-38)42-26)37-11-17(34-36-37)14-9-15(29)20(31)16(30)10-14/h9-11,19,22-26,38-40H,4-8,12H2,1-3H3/t19-,22+,23+,24-,25?,26+/m1/s1. The summed E-state index contributed by atoms with van der Waals surface area (Å²) >= 11 is 1.03. The molecular weight excluding hydrogens is 615 g/mol. The average molecular weight is 649 g/mol. The number of nitrogens with zero attached hydrogens (tertiary/aromatic N) is 4. The number of ether oxygens (including phenoxy) is 2. The Morgan fingerprint density at radius 1 is 1.16 bits per heavy atom. The molecule has 2 aromatic heterocycles. The number of aromatic nitrogens is 4. The van der Waals surface area contributed by atoms with Crippen LogP contribution in [0.2, 0.25) is 0 Å². The molecule has 1 aliphatic heterocycles. The Kier molecular flexibility index (Phi) is 9.41. The van der Waals surface area contributed by atoms with Crippen LogP contribution in [0.4, 0.5) is 22.0 Å². The minimum atomic E-state index is -2.93. The van der Waals surface area contributed by atoms with Gasteiger partial charge in [-0.25, -0.2) is 26.6 Å². The third-order valence-electron chi connectivity index (χ3n) is 8.42. The molecule has 10 nitrogen and oxygen atoms in total. The minimum Gasteiger partial charge on any atom is -0.394 e. The number of alkyl halides is 2. The van der Waals surface area contributed by atoms with Gasteiger partial charge in [-0.2, -0.15) is 0 Å². The molecule has 1 saturated carbocycles. The van der Waals surface area contributed by atoms with Gasteiger partial charge in [-0.3, -0.25) is 0 Å². The molecule has 0 amide bonds. The summed E-state index contributed by atoms with van der Waals surface area (Å²) in [6.07, 6.45) is -3.41. The highest BCUT2D eigenvalue weighted by Crippen LogP contribution is 2.53. The highest BCUT2D eigenvalue weighted by atomic mass is 32.2. The Hall–Kier alpha value is -2.63. The molecule has 0 bridgehead atoms. The van der Waals surface area contributed by atoms with Gasteiger partial charge in [0, 0.05) is 37.5 Å². The number of rotatable bonds is 9. The molecule has 3 aromatic rings. The highest BCUT2D eigenvalue weighted by Gasteiger charge is 2.53. The van der Waals surface area contributed by atoms with Gasteiger partial charge in [0.15, 0.2) is 17.5 Å². The molecule has 44 heavy (non-hydrogen) atoms. The van der Waals surface area contributed by atoms with Crippen molar-refractivity contribution in [3.63, 3.8) is 0 Å². The lowest BCUT2D eigenvalue weighted by Gasteiger charge is -2.46. The molecule has 5 rings (SSSR count). The summed E-state index contributed by atoms with van der Waals surface area (Å²) in [4.78, 5) is 0. The van der Waals surface area contributed by atoms with Gasteiger partial charge in [-0.05, 0) is 31.9 Å². The van der Waals surface area contributed by atoms with E-state index in [9.17, 15) is 37.3 Å². The molecule has 0 radical (unpaired) electrons. The number of aryl methyl sites for hydroxylation is 1. The molecule has 242 valence electrons. The topological polar surface area (TPSA) is 136 Å². The van der Waals surface area contributed by atoms with Gasteiger partial charge in [0.25, 0.3) is 0 Å². The Morgan fingerprint density at radius 2 is 1.82 bits per heavy atom. The second-order valence-electron chi connectivity index (χ2n) is 11.2. The van der Waals surface area contributed by atoms with E-state index in [1.165, 1.54) is 18.0 Å². The van der Waals surface area contributed by atoms with Gasteiger partial charge < -0.3 is 29.3 Å². The summed E-state index contributed by atoms with van der Waals surface area (Å²) in [6, 6.07) is 0.412. The fourth-order valence-corrected chi connectivity index (χ4v) is 7.57. The lowest BCUT2D eigenvalue weighted by atomic mass is 9.79. The van der Waals surface area contributed by atoms with Crippen molar-refractivity contribution in [3.05, 3.63) is 52.8 Å². The maximum Gasteiger partial charge on any atom is 0.248 e. The number of halogens is 5. The van der Waals surface area contributed by atoms with Crippen molar-refractivity contribution in [2.75, 3.05) is 13.7 Å². The molecule has 3 heterocycles. The van der Waals surface area contributed by atoms with Crippen LogP contribution in [0.15, 0.2) is 22.9 Å². The molecular formula is C28H33F5N4O6S. The Bertz CT molecular complexity index is 1440. The van der Waals surface area contributed by atoms with Gasteiger partial charge >= 0.3 is 0 Å². The summed E-state index contributed by atoms with van der Waals surface area (Å²) in [5.41, 5.74) is -1.83. The number of thioether (sulfide) groups is 1. The maximum absolute atomic E-state index is 14.2. The van der Waals surface area contributed by atoms with Crippen LogP contribution in [0, 0.1) is 24.4 Å². The molecule has 2 fully saturated rings. The lowest BCUT2D eigenvalue weighted by Crippen LogP contribution is -2.56. The first-order chi connectivity index (χ1) is 20.8. The minimum absolute atomic E-state index is 0.0401. The molecule has 16 heteroatoms. The fraction of sp³-hybridized carbons (Fsp3) is 0.607. The summed E-state index contributed by atoms with van der Waals surface area (Å²) in [5, 5.41) is 44.3. The van der Waals surface area contributed by atoms with Crippen LogP contribution in [0.5, 0.6) is 0 Å². The van der Waals surface area contributed by atoms with Crippen molar-refractivity contribution in [2.45, 2.75) is 92.5 Å². The monoisotopic (exact) mass is 648 g/mol. The van der Waals surface area contributed by atoms with E-state index in [0.717, 1.165) is 23.9 Å². The predicted octanol–water partition coefficient (Wildman–Crippen LogP) is 4.27. The number of aliphatic hydroxyl groups excluding tert-OH is 2. The Labute approximate surface area is 253 Å². The fourth-order valence-electron chi connectivity index (χ4n) is 5.83. The first kappa shape index (κ1) is 32.8. The van der Waals surface area contributed by atoms with Crippen molar-refractivity contribution in [1.82, 2.24) is 20.2 Å². The lowest BCUT2D eigenvalue weighted by molar-refractivity contribution is -0.186. The zero-order valence-electron chi connectivity index (χ0n) is 24.1. The molecule has 3 N–H and O–H groups in total. The third kappa shape index (κ3) is 6.11. The number of hydrogen-bond acceptors (Lipinski definition) is 10. The number of hydrogen-bond donors (Lipinski definition) is 3. The largest absolute Gasteiger partial charge is 0.394 e.